The Bertz CT molecular complexity index is 668. The van der Waals surface area contributed by atoms with Crippen molar-refractivity contribution >= 4 is 17.6 Å². The number of fused-ring (bicyclic) bond motifs is 1. The van der Waals surface area contributed by atoms with Crippen molar-refractivity contribution < 1.29 is 9.53 Å². The number of nitrogens with zero attached hydrogens (tertiary/aromatic N) is 5. The van der Waals surface area contributed by atoms with Gasteiger partial charge >= 0.3 is 6.09 Å². The number of aromatic nitrogens is 3. The normalized spacial score (nSPS) is 16.1. The molecule has 1 aliphatic rings. The van der Waals surface area contributed by atoms with E-state index in [1.165, 1.54) is 0 Å². The zero-order chi connectivity index (χ0) is 15.7. The number of amides is 1. The van der Waals surface area contributed by atoms with Gasteiger partial charge in [-0.3, -0.25) is 0 Å². The van der Waals surface area contributed by atoms with Crippen LogP contribution in [-0.2, 0) is 4.74 Å². The third-order valence-corrected chi connectivity index (χ3v) is 3.52. The van der Waals surface area contributed by atoms with Crippen LogP contribution in [0.5, 0.6) is 0 Å². The SMILES string of the molecule is CC(C)(C)OC(=O)N1CCN(c2nccn3ccnc23)CC1. The van der Waals surface area contributed by atoms with Crippen molar-refractivity contribution in [3.8, 4) is 0 Å². The minimum absolute atomic E-state index is 0.251. The molecule has 2 aromatic heterocycles. The number of hydrogen-bond donors (Lipinski definition) is 0. The molecule has 0 bridgehead atoms. The predicted molar refractivity (Wildman–Crippen MR) is 83.0 cm³/mol. The van der Waals surface area contributed by atoms with E-state index in [-0.39, 0.29) is 6.09 Å². The molecular formula is C15H21N5O2. The number of rotatable bonds is 1. The average molecular weight is 303 g/mol. The highest BCUT2D eigenvalue weighted by Crippen LogP contribution is 2.19. The van der Waals surface area contributed by atoms with Gasteiger partial charge in [0.1, 0.15) is 5.60 Å². The molecule has 7 heteroatoms. The Kier molecular flexibility index (Phi) is 3.64. The molecule has 1 aliphatic heterocycles. The van der Waals surface area contributed by atoms with Crippen LogP contribution in [0.25, 0.3) is 5.65 Å². The number of imidazole rings is 1. The molecule has 2 aromatic rings. The van der Waals surface area contributed by atoms with Crippen molar-refractivity contribution in [2.24, 2.45) is 0 Å². The number of hydrogen-bond acceptors (Lipinski definition) is 5. The summed E-state index contributed by atoms with van der Waals surface area (Å²) in [7, 11) is 0. The van der Waals surface area contributed by atoms with Gasteiger partial charge in [0.25, 0.3) is 0 Å². The first-order valence-electron chi connectivity index (χ1n) is 7.44. The molecule has 0 unspecified atom stereocenters. The van der Waals surface area contributed by atoms with E-state index in [1.54, 1.807) is 17.3 Å². The molecular weight excluding hydrogens is 282 g/mol. The van der Waals surface area contributed by atoms with Gasteiger partial charge in [-0.05, 0) is 20.8 Å². The standard InChI is InChI=1S/C15H21N5O2/c1-15(2,3)22-14(21)20-10-8-19(9-11-20)13-12-16-4-6-18(12)7-5-17-13/h4-7H,8-11H2,1-3H3. The molecule has 0 atom stereocenters. The summed E-state index contributed by atoms with van der Waals surface area (Å²) in [5.74, 6) is 0.858. The Morgan fingerprint density at radius 1 is 1.09 bits per heavy atom. The van der Waals surface area contributed by atoms with Crippen LogP contribution in [0.1, 0.15) is 20.8 Å². The maximum atomic E-state index is 12.1. The zero-order valence-corrected chi connectivity index (χ0v) is 13.2. The van der Waals surface area contributed by atoms with Crippen molar-refractivity contribution in [1.82, 2.24) is 19.3 Å². The maximum Gasteiger partial charge on any atom is 0.410 e. The Hall–Kier alpha value is -2.31. The first kappa shape index (κ1) is 14.6. The molecule has 118 valence electrons. The summed E-state index contributed by atoms with van der Waals surface area (Å²) in [6.45, 7) is 8.33. The number of carbonyl (C=O) groups excluding carboxylic acids is 1. The van der Waals surface area contributed by atoms with Crippen LogP contribution in [0.3, 0.4) is 0 Å². The van der Waals surface area contributed by atoms with Gasteiger partial charge in [-0.1, -0.05) is 0 Å². The van der Waals surface area contributed by atoms with E-state index in [0.29, 0.717) is 13.1 Å². The fraction of sp³-hybridized carbons (Fsp3) is 0.533. The van der Waals surface area contributed by atoms with Gasteiger partial charge in [0.2, 0.25) is 0 Å². The number of piperazine rings is 1. The Morgan fingerprint density at radius 3 is 2.36 bits per heavy atom. The van der Waals surface area contributed by atoms with Gasteiger partial charge in [0, 0.05) is 51.0 Å². The fourth-order valence-electron chi connectivity index (χ4n) is 2.49. The van der Waals surface area contributed by atoms with Gasteiger partial charge in [-0.25, -0.2) is 14.8 Å². The van der Waals surface area contributed by atoms with Crippen molar-refractivity contribution in [2.45, 2.75) is 26.4 Å². The van der Waals surface area contributed by atoms with Gasteiger partial charge in [-0.15, -0.1) is 0 Å². The Morgan fingerprint density at radius 2 is 1.73 bits per heavy atom. The van der Waals surface area contributed by atoms with E-state index in [9.17, 15) is 4.79 Å². The largest absolute Gasteiger partial charge is 0.444 e. The Balaban J connectivity index is 1.67. The van der Waals surface area contributed by atoms with Gasteiger partial charge in [0.05, 0.1) is 0 Å². The quantitative estimate of drug-likeness (QED) is 0.803. The number of anilines is 1. The monoisotopic (exact) mass is 303 g/mol. The maximum absolute atomic E-state index is 12.1. The van der Waals surface area contributed by atoms with E-state index < -0.39 is 5.60 Å². The lowest BCUT2D eigenvalue weighted by molar-refractivity contribution is 0.0240. The summed E-state index contributed by atoms with van der Waals surface area (Å²) in [6.07, 6.45) is 7.06. The fourth-order valence-corrected chi connectivity index (χ4v) is 2.49. The summed E-state index contributed by atoms with van der Waals surface area (Å²) >= 11 is 0. The molecule has 0 aliphatic carbocycles. The highest BCUT2D eigenvalue weighted by Gasteiger charge is 2.27. The minimum atomic E-state index is -0.461. The third-order valence-electron chi connectivity index (χ3n) is 3.52. The second-order valence-corrected chi connectivity index (χ2v) is 6.36. The van der Waals surface area contributed by atoms with Crippen molar-refractivity contribution in [3.63, 3.8) is 0 Å². The van der Waals surface area contributed by atoms with Gasteiger partial charge in [-0.2, -0.15) is 0 Å². The molecule has 0 N–H and O–H groups in total. The van der Waals surface area contributed by atoms with Crippen molar-refractivity contribution in [2.75, 3.05) is 31.1 Å². The van der Waals surface area contributed by atoms with E-state index in [2.05, 4.69) is 14.9 Å². The highest BCUT2D eigenvalue weighted by atomic mass is 16.6. The van der Waals surface area contributed by atoms with Crippen molar-refractivity contribution in [1.29, 1.82) is 0 Å². The lowest BCUT2D eigenvalue weighted by Crippen LogP contribution is -2.50. The summed E-state index contributed by atoms with van der Waals surface area (Å²) in [6, 6.07) is 0. The molecule has 22 heavy (non-hydrogen) atoms. The Labute approximate surface area is 129 Å². The minimum Gasteiger partial charge on any atom is -0.444 e. The van der Waals surface area contributed by atoms with E-state index in [4.69, 9.17) is 4.74 Å². The molecule has 0 aromatic carbocycles. The summed E-state index contributed by atoms with van der Waals surface area (Å²) < 4.78 is 7.36. The van der Waals surface area contributed by atoms with E-state index in [1.807, 2.05) is 37.6 Å². The number of ether oxygens (including phenoxy) is 1. The topological polar surface area (TPSA) is 63.0 Å². The molecule has 0 radical (unpaired) electrons. The second-order valence-electron chi connectivity index (χ2n) is 6.36. The lowest BCUT2D eigenvalue weighted by atomic mass is 10.2. The molecule has 0 spiro atoms. The van der Waals surface area contributed by atoms with E-state index >= 15 is 0 Å². The summed E-state index contributed by atoms with van der Waals surface area (Å²) in [5.41, 5.74) is 0.380. The van der Waals surface area contributed by atoms with Crippen molar-refractivity contribution in [3.05, 3.63) is 24.8 Å². The smallest absolute Gasteiger partial charge is 0.410 e. The molecule has 1 saturated heterocycles. The van der Waals surface area contributed by atoms with Crippen LogP contribution in [0.15, 0.2) is 24.8 Å². The molecule has 3 heterocycles. The first-order valence-corrected chi connectivity index (χ1v) is 7.44. The first-order chi connectivity index (χ1) is 10.4. The van der Waals surface area contributed by atoms with Gasteiger partial charge in [0.15, 0.2) is 11.5 Å². The van der Waals surface area contributed by atoms with Crippen LogP contribution < -0.4 is 4.90 Å². The van der Waals surface area contributed by atoms with Crippen LogP contribution >= 0.6 is 0 Å². The molecule has 1 amide bonds. The van der Waals surface area contributed by atoms with E-state index in [0.717, 1.165) is 24.6 Å². The molecule has 7 nitrogen and oxygen atoms in total. The zero-order valence-electron chi connectivity index (χ0n) is 13.2. The second kappa shape index (κ2) is 5.47. The number of carbonyl (C=O) groups is 1. The third kappa shape index (κ3) is 2.98. The molecule has 0 saturated carbocycles. The predicted octanol–water partition coefficient (Wildman–Crippen LogP) is 1.79. The average Bonchev–Trinajstić information content (AvgIpc) is 2.94. The van der Waals surface area contributed by atoms with Crippen LogP contribution in [0.2, 0.25) is 0 Å². The highest BCUT2D eigenvalue weighted by molar-refractivity contribution is 5.69. The van der Waals surface area contributed by atoms with Crippen LogP contribution in [0.4, 0.5) is 10.6 Å². The van der Waals surface area contributed by atoms with Crippen LogP contribution in [-0.4, -0.2) is 57.1 Å². The molecule has 1 fully saturated rings. The van der Waals surface area contributed by atoms with Gasteiger partial charge < -0.3 is 18.9 Å². The summed E-state index contributed by atoms with van der Waals surface area (Å²) in [5, 5.41) is 0. The lowest BCUT2D eigenvalue weighted by Gasteiger charge is -2.36. The summed E-state index contributed by atoms with van der Waals surface area (Å²) in [4.78, 5) is 24.8. The molecule has 3 rings (SSSR count). The van der Waals surface area contributed by atoms with Crippen LogP contribution in [0, 0.1) is 0 Å².